The molecule has 0 aliphatic heterocycles. The summed E-state index contributed by atoms with van der Waals surface area (Å²) < 4.78 is 11.1. The van der Waals surface area contributed by atoms with E-state index >= 15 is 0 Å². The Morgan fingerprint density at radius 2 is 1.71 bits per heavy atom. The summed E-state index contributed by atoms with van der Waals surface area (Å²) in [5.74, 6) is -1.77. The highest BCUT2D eigenvalue weighted by Gasteiger charge is 2.38. The SMILES string of the molecule is CC(C)(C)OC(=O)N(CCCOC(=O)[C@@](C)(NC(=O)C=Cc1ccccc1)NC(=O)c1ccc2[nH]ncc2c1)c1ccccn1. The van der Waals surface area contributed by atoms with Crippen LogP contribution in [0.4, 0.5) is 10.6 Å². The number of hydrogen-bond donors (Lipinski definition) is 3. The summed E-state index contributed by atoms with van der Waals surface area (Å²) in [4.78, 5) is 58.1. The van der Waals surface area contributed by atoms with Crippen molar-refractivity contribution in [2.45, 2.75) is 45.4 Å². The molecule has 0 fully saturated rings. The van der Waals surface area contributed by atoms with Gasteiger partial charge >= 0.3 is 12.1 Å². The number of ether oxygens (including phenoxy) is 2. The molecule has 1 atom stereocenters. The van der Waals surface area contributed by atoms with Gasteiger partial charge in [0.15, 0.2) is 0 Å². The Bertz CT molecular complexity index is 1670. The highest BCUT2D eigenvalue weighted by Crippen LogP contribution is 2.17. The molecular formula is C33H36N6O6. The average molecular weight is 613 g/mol. The molecule has 3 amide bonds. The predicted octanol–water partition coefficient (Wildman–Crippen LogP) is 4.61. The number of esters is 1. The Morgan fingerprint density at radius 1 is 0.956 bits per heavy atom. The number of fused-ring (bicyclic) bond motifs is 1. The zero-order chi connectivity index (χ0) is 32.5. The molecule has 0 unspecified atom stereocenters. The van der Waals surface area contributed by atoms with Crippen LogP contribution in [0.25, 0.3) is 17.0 Å². The second kappa shape index (κ2) is 14.3. The van der Waals surface area contributed by atoms with Gasteiger partial charge in [0.25, 0.3) is 5.91 Å². The summed E-state index contributed by atoms with van der Waals surface area (Å²) in [5, 5.41) is 12.7. The number of hydrogen-bond acceptors (Lipinski definition) is 8. The normalized spacial score (nSPS) is 12.7. The molecule has 0 saturated heterocycles. The summed E-state index contributed by atoms with van der Waals surface area (Å²) in [6.45, 7) is 6.62. The number of pyridine rings is 1. The van der Waals surface area contributed by atoms with E-state index < -0.39 is 35.1 Å². The molecule has 2 heterocycles. The van der Waals surface area contributed by atoms with Gasteiger partial charge in [0, 0.05) is 29.8 Å². The first-order valence-electron chi connectivity index (χ1n) is 14.3. The quantitative estimate of drug-likeness (QED) is 0.0960. The molecule has 0 spiro atoms. The monoisotopic (exact) mass is 612 g/mol. The number of aromatic nitrogens is 3. The van der Waals surface area contributed by atoms with Gasteiger partial charge < -0.3 is 20.1 Å². The molecule has 0 bridgehead atoms. The van der Waals surface area contributed by atoms with Gasteiger partial charge in [0.05, 0.1) is 18.3 Å². The van der Waals surface area contributed by atoms with Crippen LogP contribution in [-0.2, 0) is 19.1 Å². The maximum absolute atomic E-state index is 13.4. The molecule has 0 aliphatic rings. The lowest BCUT2D eigenvalue weighted by Crippen LogP contribution is -2.64. The topological polar surface area (TPSA) is 156 Å². The van der Waals surface area contributed by atoms with Crippen molar-refractivity contribution in [3.05, 3.63) is 96.3 Å². The third-order valence-electron chi connectivity index (χ3n) is 6.37. The predicted molar refractivity (Wildman–Crippen MR) is 169 cm³/mol. The number of amides is 3. The summed E-state index contributed by atoms with van der Waals surface area (Å²) in [6.07, 6.45) is 5.58. The Labute approximate surface area is 260 Å². The minimum Gasteiger partial charge on any atom is -0.462 e. The molecule has 3 N–H and O–H groups in total. The Balaban J connectivity index is 1.46. The van der Waals surface area contributed by atoms with E-state index in [0.717, 1.165) is 11.1 Å². The number of rotatable bonds is 11. The molecule has 0 aliphatic carbocycles. The van der Waals surface area contributed by atoms with Crippen LogP contribution < -0.4 is 15.5 Å². The number of carbonyl (C=O) groups excluding carboxylic acids is 4. The van der Waals surface area contributed by atoms with Crippen molar-refractivity contribution in [1.82, 2.24) is 25.8 Å². The minimum absolute atomic E-state index is 0.124. The average Bonchev–Trinajstić information content (AvgIpc) is 3.48. The summed E-state index contributed by atoms with van der Waals surface area (Å²) in [6, 6.07) is 19.1. The largest absolute Gasteiger partial charge is 0.462 e. The summed E-state index contributed by atoms with van der Waals surface area (Å²) >= 11 is 0. The molecule has 4 aromatic rings. The van der Waals surface area contributed by atoms with Gasteiger partial charge in [0.2, 0.25) is 11.6 Å². The molecule has 0 radical (unpaired) electrons. The molecule has 2 aromatic carbocycles. The third kappa shape index (κ3) is 9.23. The number of benzene rings is 2. The van der Waals surface area contributed by atoms with E-state index in [2.05, 4.69) is 25.8 Å². The van der Waals surface area contributed by atoms with Crippen LogP contribution in [0.2, 0.25) is 0 Å². The van der Waals surface area contributed by atoms with Crippen molar-refractivity contribution in [1.29, 1.82) is 0 Å². The molecular weight excluding hydrogens is 576 g/mol. The fourth-order valence-corrected chi connectivity index (χ4v) is 4.20. The Kier molecular flexibility index (Phi) is 10.3. The molecule has 0 saturated carbocycles. The zero-order valence-corrected chi connectivity index (χ0v) is 25.6. The van der Waals surface area contributed by atoms with Gasteiger partial charge in [0.1, 0.15) is 11.4 Å². The van der Waals surface area contributed by atoms with E-state index in [0.29, 0.717) is 11.2 Å². The van der Waals surface area contributed by atoms with Crippen molar-refractivity contribution in [3.8, 4) is 0 Å². The van der Waals surface area contributed by atoms with Gasteiger partial charge in [-0.1, -0.05) is 36.4 Å². The van der Waals surface area contributed by atoms with E-state index in [-0.39, 0.29) is 25.1 Å². The van der Waals surface area contributed by atoms with E-state index in [9.17, 15) is 19.2 Å². The van der Waals surface area contributed by atoms with Crippen LogP contribution in [0.1, 0.15) is 50.0 Å². The number of anilines is 1. The number of H-pyrrole nitrogens is 1. The fraction of sp³-hybridized carbons (Fsp3) is 0.273. The smallest absolute Gasteiger partial charge is 0.416 e. The fourth-order valence-electron chi connectivity index (χ4n) is 4.20. The minimum atomic E-state index is -1.94. The van der Waals surface area contributed by atoms with E-state index in [1.54, 1.807) is 75.6 Å². The van der Waals surface area contributed by atoms with Gasteiger partial charge in [-0.3, -0.25) is 19.6 Å². The highest BCUT2D eigenvalue weighted by molar-refractivity contribution is 6.02. The molecule has 12 nitrogen and oxygen atoms in total. The maximum atomic E-state index is 13.4. The first-order valence-corrected chi connectivity index (χ1v) is 14.3. The number of nitrogens with one attached hydrogen (secondary N) is 3. The number of aromatic amines is 1. The van der Waals surface area contributed by atoms with Crippen molar-refractivity contribution in [2.75, 3.05) is 18.1 Å². The second-order valence-corrected chi connectivity index (χ2v) is 11.3. The van der Waals surface area contributed by atoms with Crippen LogP contribution in [0.5, 0.6) is 0 Å². The maximum Gasteiger partial charge on any atom is 0.416 e. The summed E-state index contributed by atoms with van der Waals surface area (Å²) in [5.41, 5.74) is -0.908. The van der Waals surface area contributed by atoms with Gasteiger partial charge in [-0.2, -0.15) is 5.10 Å². The van der Waals surface area contributed by atoms with Crippen molar-refractivity contribution < 1.29 is 28.7 Å². The van der Waals surface area contributed by atoms with Gasteiger partial charge in [-0.05, 0) is 76.1 Å². The molecule has 12 heteroatoms. The van der Waals surface area contributed by atoms with Gasteiger partial charge in [-0.25, -0.2) is 14.6 Å². The Morgan fingerprint density at radius 3 is 2.42 bits per heavy atom. The van der Waals surface area contributed by atoms with Gasteiger partial charge in [-0.15, -0.1) is 0 Å². The standard InChI is InChI=1S/C33H36N6O6/c1-32(2,3)45-31(43)39(27-13-8-9-18-34-27)19-10-20-44-30(42)33(4,36-28(40)17-14-23-11-6-5-7-12-23)37-29(41)24-15-16-26-25(21-24)22-35-38-26/h5-9,11-18,21-22H,10,19-20H2,1-4H3,(H,35,38)(H,36,40)(H,37,41)/t33-/m0/s1. The van der Waals surface area contributed by atoms with E-state index in [1.165, 1.54) is 17.9 Å². The number of nitrogens with zero attached hydrogens (tertiary/aromatic N) is 3. The molecule has 45 heavy (non-hydrogen) atoms. The van der Waals surface area contributed by atoms with E-state index in [4.69, 9.17) is 9.47 Å². The van der Waals surface area contributed by atoms with Crippen molar-refractivity contribution in [3.63, 3.8) is 0 Å². The summed E-state index contributed by atoms with van der Waals surface area (Å²) in [7, 11) is 0. The van der Waals surface area contributed by atoms with Crippen LogP contribution in [-0.4, -0.2) is 63.5 Å². The van der Waals surface area contributed by atoms with Crippen molar-refractivity contribution >= 4 is 46.7 Å². The molecule has 4 rings (SSSR count). The lowest BCUT2D eigenvalue weighted by Gasteiger charge is -2.29. The second-order valence-electron chi connectivity index (χ2n) is 11.3. The van der Waals surface area contributed by atoms with Crippen LogP contribution in [0.3, 0.4) is 0 Å². The van der Waals surface area contributed by atoms with Crippen LogP contribution in [0.15, 0.2) is 85.2 Å². The van der Waals surface area contributed by atoms with Crippen molar-refractivity contribution in [2.24, 2.45) is 0 Å². The lowest BCUT2D eigenvalue weighted by molar-refractivity contribution is -0.153. The van der Waals surface area contributed by atoms with Crippen LogP contribution >= 0.6 is 0 Å². The van der Waals surface area contributed by atoms with E-state index in [1.807, 2.05) is 30.3 Å². The number of carbonyl (C=O) groups is 4. The Hall–Kier alpha value is -5.52. The van der Waals surface area contributed by atoms with Crippen LogP contribution in [0, 0.1) is 0 Å². The third-order valence-corrected chi connectivity index (χ3v) is 6.37. The first-order chi connectivity index (χ1) is 21.4. The zero-order valence-electron chi connectivity index (χ0n) is 25.6. The highest BCUT2D eigenvalue weighted by atomic mass is 16.6. The molecule has 2 aromatic heterocycles. The molecule has 234 valence electrons. The first kappa shape index (κ1) is 32.4. The lowest BCUT2D eigenvalue weighted by atomic mass is 10.1.